The molecule has 9 heteroatoms. The van der Waals surface area contributed by atoms with Gasteiger partial charge in [0.1, 0.15) is 6.04 Å². The van der Waals surface area contributed by atoms with E-state index in [0.717, 1.165) is 29.5 Å². The van der Waals surface area contributed by atoms with Crippen LogP contribution in [0.1, 0.15) is 50.3 Å². The summed E-state index contributed by atoms with van der Waals surface area (Å²) in [4.78, 5) is 37.9. The average Bonchev–Trinajstić information content (AvgIpc) is 3.69. The third-order valence-electron chi connectivity index (χ3n) is 6.61. The van der Waals surface area contributed by atoms with Gasteiger partial charge < -0.3 is 30.2 Å². The van der Waals surface area contributed by atoms with E-state index < -0.39 is 12.1 Å². The third-order valence-corrected chi connectivity index (χ3v) is 6.61. The van der Waals surface area contributed by atoms with Crippen LogP contribution in [0.3, 0.4) is 0 Å². The van der Waals surface area contributed by atoms with Crippen molar-refractivity contribution >= 4 is 17.5 Å². The fourth-order valence-electron chi connectivity index (χ4n) is 4.68. The summed E-state index contributed by atoms with van der Waals surface area (Å²) in [7, 11) is 4.67. The first-order valence-corrected chi connectivity index (χ1v) is 12.1. The molecule has 2 aromatic carbocycles. The van der Waals surface area contributed by atoms with Crippen LogP contribution in [0.4, 0.5) is 5.69 Å². The van der Waals surface area contributed by atoms with E-state index >= 15 is 0 Å². The number of rotatable bonds is 8. The smallest absolute Gasteiger partial charge is 0.242 e. The molecular weight excluding hydrogens is 462 g/mol. The van der Waals surface area contributed by atoms with Gasteiger partial charge in [0.25, 0.3) is 0 Å². The quantitative estimate of drug-likeness (QED) is 0.516. The van der Waals surface area contributed by atoms with Gasteiger partial charge in [0.2, 0.25) is 23.0 Å². The van der Waals surface area contributed by atoms with Crippen molar-refractivity contribution in [3.8, 4) is 28.4 Å². The Morgan fingerprint density at radius 2 is 1.69 bits per heavy atom. The van der Waals surface area contributed by atoms with Crippen LogP contribution in [0.15, 0.2) is 29.1 Å². The lowest BCUT2D eigenvalue weighted by atomic mass is 9.95. The molecule has 3 N–H and O–H groups in total. The van der Waals surface area contributed by atoms with Crippen LogP contribution in [0.25, 0.3) is 11.1 Å². The Morgan fingerprint density at radius 1 is 0.972 bits per heavy atom. The minimum Gasteiger partial charge on any atom is -0.493 e. The van der Waals surface area contributed by atoms with Crippen molar-refractivity contribution in [2.24, 2.45) is 0 Å². The number of amides is 2. The second-order valence-corrected chi connectivity index (χ2v) is 9.24. The third kappa shape index (κ3) is 5.10. The van der Waals surface area contributed by atoms with Gasteiger partial charge in [-0.3, -0.25) is 14.4 Å². The highest BCUT2D eigenvalue weighted by Gasteiger charge is 2.30. The van der Waals surface area contributed by atoms with Crippen LogP contribution < -0.4 is 35.6 Å². The largest absolute Gasteiger partial charge is 0.493 e. The van der Waals surface area contributed by atoms with Gasteiger partial charge in [0.15, 0.2) is 11.5 Å². The van der Waals surface area contributed by atoms with Crippen molar-refractivity contribution in [2.75, 3.05) is 26.6 Å². The molecule has 0 bridgehead atoms. The summed E-state index contributed by atoms with van der Waals surface area (Å²) < 4.78 is 17.0. The lowest BCUT2D eigenvalue weighted by Gasteiger charge is -2.19. The summed E-state index contributed by atoms with van der Waals surface area (Å²) >= 11 is 0. The second-order valence-electron chi connectivity index (χ2n) is 9.24. The minimum absolute atomic E-state index is 0.148. The van der Waals surface area contributed by atoms with Crippen LogP contribution in [0, 0.1) is 0 Å². The van der Waals surface area contributed by atoms with Gasteiger partial charge in [-0.15, -0.1) is 0 Å². The fourth-order valence-corrected chi connectivity index (χ4v) is 4.68. The van der Waals surface area contributed by atoms with Gasteiger partial charge >= 0.3 is 0 Å². The first-order valence-electron chi connectivity index (χ1n) is 12.1. The molecule has 2 amide bonds. The molecule has 2 aliphatic carbocycles. The molecule has 9 nitrogen and oxygen atoms in total. The van der Waals surface area contributed by atoms with Gasteiger partial charge in [0, 0.05) is 18.5 Å². The van der Waals surface area contributed by atoms with Crippen molar-refractivity contribution in [2.45, 2.75) is 57.7 Å². The number of hydrogen-bond donors (Lipinski definition) is 3. The van der Waals surface area contributed by atoms with Crippen molar-refractivity contribution in [3.63, 3.8) is 0 Å². The molecule has 0 aliphatic heterocycles. The van der Waals surface area contributed by atoms with Gasteiger partial charge in [-0.2, -0.15) is 0 Å². The number of benzene rings is 1. The predicted molar refractivity (Wildman–Crippen MR) is 137 cm³/mol. The van der Waals surface area contributed by atoms with Crippen molar-refractivity contribution in [1.82, 2.24) is 10.6 Å². The zero-order chi connectivity index (χ0) is 26.0. The van der Waals surface area contributed by atoms with E-state index in [-0.39, 0.29) is 23.3 Å². The molecule has 4 rings (SSSR count). The van der Waals surface area contributed by atoms with E-state index in [0.29, 0.717) is 41.3 Å². The predicted octanol–water partition coefficient (Wildman–Crippen LogP) is 2.94. The first-order chi connectivity index (χ1) is 17.3. The topological polar surface area (TPSA) is 115 Å². The normalized spacial score (nSPS) is 17.0. The number of methoxy groups -OCH3 is 3. The number of carbonyl (C=O) groups excluding carboxylic acids is 2. The van der Waals surface area contributed by atoms with Gasteiger partial charge in [-0.25, -0.2) is 0 Å². The molecule has 192 valence electrons. The highest BCUT2D eigenvalue weighted by molar-refractivity contribution is 5.86. The molecule has 0 saturated heterocycles. The summed E-state index contributed by atoms with van der Waals surface area (Å²) in [6.07, 6.45) is 3.16. The molecule has 2 aliphatic rings. The maximum absolute atomic E-state index is 13.3. The molecule has 36 heavy (non-hydrogen) atoms. The van der Waals surface area contributed by atoms with E-state index in [4.69, 9.17) is 14.2 Å². The van der Waals surface area contributed by atoms with E-state index in [1.165, 1.54) is 13.0 Å². The number of ether oxygens (including phenoxy) is 3. The molecule has 2 atom stereocenters. The molecule has 0 radical (unpaired) electrons. The highest BCUT2D eigenvalue weighted by Crippen LogP contribution is 2.50. The maximum Gasteiger partial charge on any atom is 0.242 e. The van der Waals surface area contributed by atoms with Gasteiger partial charge in [-0.1, -0.05) is 6.07 Å². The Bertz CT molecular complexity index is 1240. The molecule has 0 aromatic heterocycles. The number of aryl methyl sites for hydroxylation is 1. The van der Waals surface area contributed by atoms with E-state index in [1.807, 2.05) is 12.1 Å². The molecule has 0 spiro atoms. The Balaban J connectivity index is 1.87. The molecule has 0 heterocycles. The molecule has 1 fully saturated rings. The Hall–Kier alpha value is -3.75. The maximum atomic E-state index is 13.3. The molecular formula is C27H33N3O6. The Kier molecular flexibility index (Phi) is 7.37. The van der Waals surface area contributed by atoms with Crippen molar-refractivity contribution < 1.29 is 23.8 Å². The zero-order valence-electron chi connectivity index (χ0n) is 21.3. The SMILES string of the molecule is COc1cc2c(c(OC)c1OC)-c1ccc(N[C@@H](C)C(=O)NC3CC3)c(=O)cc1[C@@H](NC(C)=O)CC2. The van der Waals surface area contributed by atoms with Crippen LogP contribution in [-0.4, -0.2) is 45.2 Å². The second kappa shape index (κ2) is 10.5. The van der Waals surface area contributed by atoms with Gasteiger partial charge in [0.05, 0.1) is 33.1 Å². The summed E-state index contributed by atoms with van der Waals surface area (Å²) in [5.41, 5.74) is 3.15. The summed E-state index contributed by atoms with van der Waals surface area (Å²) in [5, 5.41) is 9.00. The standard InChI is InChI=1S/C27H33N3O6/c1-14(27(33)30-17-7-8-17)28-21-11-9-18-19(13-22(21)32)20(29-15(2)31)10-6-16-12-23(34-3)25(35-4)26(36-5)24(16)18/h9,11-14,17,20H,6-8,10H2,1-5H3,(H,28,32)(H,29,31)(H,30,33)/t14-,20-/m0/s1. The first kappa shape index (κ1) is 25.3. The Labute approximate surface area is 210 Å². The molecule has 2 aromatic rings. The summed E-state index contributed by atoms with van der Waals surface area (Å²) in [5.74, 6) is 1.13. The van der Waals surface area contributed by atoms with Gasteiger partial charge in [-0.05, 0) is 67.5 Å². The average molecular weight is 496 g/mol. The highest BCUT2D eigenvalue weighted by atomic mass is 16.5. The van der Waals surface area contributed by atoms with E-state index in [2.05, 4.69) is 16.0 Å². The summed E-state index contributed by atoms with van der Waals surface area (Å²) in [6, 6.07) is 6.20. The zero-order valence-corrected chi connectivity index (χ0v) is 21.3. The Morgan fingerprint density at radius 3 is 2.31 bits per heavy atom. The lowest BCUT2D eigenvalue weighted by molar-refractivity contribution is -0.121. The van der Waals surface area contributed by atoms with Crippen molar-refractivity contribution in [3.05, 3.63) is 45.6 Å². The molecule has 1 saturated carbocycles. The van der Waals surface area contributed by atoms with Crippen LogP contribution >= 0.6 is 0 Å². The van der Waals surface area contributed by atoms with Crippen LogP contribution in [0.5, 0.6) is 17.2 Å². The van der Waals surface area contributed by atoms with Crippen LogP contribution in [0.2, 0.25) is 0 Å². The fraction of sp³-hybridized carbons (Fsp3) is 0.444. The number of nitrogens with one attached hydrogen (secondary N) is 3. The van der Waals surface area contributed by atoms with Crippen molar-refractivity contribution in [1.29, 1.82) is 0 Å². The lowest BCUT2D eigenvalue weighted by Crippen LogP contribution is -2.39. The minimum atomic E-state index is -0.585. The number of fused-ring (bicyclic) bond motifs is 3. The number of carbonyl (C=O) groups is 2. The van der Waals surface area contributed by atoms with Crippen LogP contribution in [-0.2, 0) is 16.0 Å². The summed E-state index contributed by atoms with van der Waals surface area (Å²) in [6.45, 7) is 3.18. The number of anilines is 1. The van der Waals surface area contributed by atoms with E-state index in [1.54, 1.807) is 34.3 Å². The molecule has 0 unspecified atom stereocenters. The van der Waals surface area contributed by atoms with E-state index in [9.17, 15) is 14.4 Å². The monoisotopic (exact) mass is 495 g/mol. The number of hydrogen-bond acceptors (Lipinski definition) is 7.